The maximum atomic E-state index is 11.8. The van der Waals surface area contributed by atoms with Crippen LogP contribution in [0.25, 0.3) is 0 Å². The molecule has 0 spiro atoms. The second-order valence-electron chi connectivity index (χ2n) is 6.58. The third kappa shape index (κ3) is 4.25. The zero-order chi connectivity index (χ0) is 13.8. The van der Waals surface area contributed by atoms with Crippen LogP contribution >= 0.6 is 0 Å². The fourth-order valence-corrected chi connectivity index (χ4v) is 3.55. The number of ether oxygens (including phenoxy) is 1. The van der Waals surface area contributed by atoms with Crippen LogP contribution in [0.2, 0.25) is 0 Å². The van der Waals surface area contributed by atoms with E-state index in [-0.39, 0.29) is 17.9 Å². The predicted molar refractivity (Wildman–Crippen MR) is 71.2 cm³/mol. The molecule has 0 unspecified atom stereocenters. The lowest BCUT2D eigenvalue weighted by Crippen LogP contribution is -2.57. The van der Waals surface area contributed by atoms with Crippen molar-refractivity contribution < 1.29 is 14.6 Å². The lowest BCUT2D eigenvalue weighted by Gasteiger charge is -2.47. The first kappa shape index (κ1) is 15.4. The number of hydrogen-bond acceptors (Lipinski definition) is 3. The SMILES string of the molecule is COCCC(=O)N[C@]1(CO)C[C@H](C)CC(C)(C)C1. The summed E-state index contributed by atoms with van der Waals surface area (Å²) in [5, 5.41) is 12.8. The molecule has 2 atom stereocenters. The molecule has 1 aliphatic rings. The van der Waals surface area contributed by atoms with E-state index in [1.165, 1.54) is 0 Å². The van der Waals surface area contributed by atoms with Crippen molar-refractivity contribution in [2.75, 3.05) is 20.3 Å². The van der Waals surface area contributed by atoms with E-state index in [0.29, 0.717) is 18.9 Å². The Labute approximate surface area is 110 Å². The molecule has 1 saturated carbocycles. The molecule has 0 aromatic carbocycles. The first-order valence-electron chi connectivity index (χ1n) is 6.73. The molecule has 1 aliphatic carbocycles. The number of hydrogen-bond donors (Lipinski definition) is 2. The second kappa shape index (κ2) is 6.02. The minimum atomic E-state index is -0.452. The number of carbonyl (C=O) groups is 1. The largest absolute Gasteiger partial charge is 0.394 e. The van der Waals surface area contributed by atoms with Gasteiger partial charge in [-0.15, -0.1) is 0 Å². The Kier molecular flexibility index (Phi) is 5.17. The van der Waals surface area contributed by atoms with E-state index in [2.05, 4.69) is 26.1 Å². The molecule has 1 fully saturated rings. The molecule has 2 N–H and O–H groups in total. The highest BCUT2D eigenvalue weighted by Crippen LogP contribution is 2.43. The number of methoxy groups -OCH3 is 1. The van der Waals surface area contributed by atoms with Crippen molar-refractivity contribution in [3.05, 3.63) is 0 Å². The average Bonchev–Trinajstić information content (AvgIpc) is 2.23. The fraction of sp³-hybridized carbons (Fsp3) is 0.929. The maximum Gasteiger partial charge on any atom is 0.222 e. The summed E-state index contributed by atoms with van der Waals surface area (Å²) in [5.74, 6) is 0.486. The summed E-state index contributed by atoms with van der Waals surface area (Å²) in [5.41, 5.74) is -0.291. The molecular formula is C14H27NO3. The van der Waals surface area contributed by atoms with Gasteiger partial charge >= 0.3 is 0 Å². The van der Waals surface area contributed by atoms with Crippen LogP contribution in [0.5, 0.6) is 0 Å². The molecule has 106 valence electrons. The predicted octanol–water partition coefficient (Wildman–Crippen LogP) is 1.72. The molecule has 4 heteroatoms. The van der Waals surface area contributed by atoms with Gasteiger partial charge in [-0.3, -0.25) is 4.79 Å². The van der Waals surface area contributed by atoms with Crippen LogP contribution in [-0.4, -0.2) is 36.9 Å². The smallest absolute Gasteiger partial charge is 0.222 e. The monoisotopic (exact) mass is 257 g/mol. The van der Waals surface area contributed by atoms with Gasteiger partial charge in [-0.05, 0) is 30.6 Å². The molecule has 0 aromatic heterocycles. The molecule has 0 aliphatic heterocycles. The number of carbonyl (C=O) groups excluding carboxylic acids is 1. The van der Waals surface area contributed by atoms with Crippen LogP contribution in [0, 0.1) is 11.3 Å². The number of aliphatic hydroxyl groups is 1. The summed E-state index contributed by atoms with van der Waals surface area (Å²) in [6, 6.07) is 0. The number of nitrogens with one attached hydrogen (secondary N) is 1. The number of rotatable bonds is 5. The van der Waals surface area contributed by atoms with E-state index >= 15 is 0 Å². The molecule has 18 heavy (non-hydrogen) atoms. The van der Waals surface area contributed by atoms with Crippen molar-refractivity contribution in [3.63, 3.8) is 0 Å². The van der Waals surface area contributed by atoms with Crippen LogP contribution in [0.3, 0.4) is 0 Å². The second-order valence-corrected chi connectivity index (χ2v) is 6.58. The van der Waals surface area contributed by atoms with Crippen molar-refractivity contribution >= 4 is 5.91 Å². The molecule has 0 aromatic rings. The van der Waals surface area contributed by atoms with Gasteiger partial charge in [0.25, 0.3) is 0 Å². The molecule has 0 saturated heterocycles. The highest BCUT2D eigenvalue weighted by molar-refractivity contribution is 5.77. The quantitative estimate of drug-likeness (QED) is 0.788. The summed E-state index contributed by atoms with van der Waals surface area (Å²) in [7, 11) is 1.58. The molecule has 1 amide bonds. The highest BCUT2D eigenvalue weighted by atomic mass is 16.5. The summed E-state index contributed by atoms with van der Waals surface area (Å²) in [6.45, 7) is 7.03. The first-order valence-corrected chi connectivity index (χ1v) is 6.73. The summed E-state index contributed by atoms with van der Waals surface area (Å²) in [4.78, 5) is 11.8. The van der Waals surface area contributed by atoms with Crippen LogP contribution in [-0.2, 0) is 9.53 Å². The van der Waals surface area contributed by atoms with Crippen molar-refractivity contribution in [3.8, 4) is 0 Å². The van der Waals surface area contributed by atoms with Gasteiger partial charge in [0.2, 0.25) is 5.91 Å². The normalized spacial score (nSPS) is 31.1. The van der Waals surface area contributed by atoms with Crippen molar-refractivity contribution in [1.29, 1.82) is 0 Å². The number of amides is 1. The van der Waals surface area contributed by atoms with Crippen molar-refractivity contribution in [2.24, 2.45) is 11.3 Å². The minimum absolute atomic E-state index is 0.0134. The first-order chi connectivity index (χ1) is 8.32. The summed E-state index contributed by atoms with van der Waals surface area (Å²) in [6.07, 6.45) is 3.18. The van der Waals surface area contributed by atoms with Crippen LogP contribution in [0.4, 0.5) is 0 Å². The van der Waals surface area contributed by atoms with E-state index in [9.17, 15) is 9.90 Å². The molecule has 1 rings (SSSR count). The van der Waals surface area contributed by atoms with Gasteiger partial charge in [0.1, 0.15) is 0 Å². The van der Waals surface area contributed by atoms with Crippen molar-refractivity contribution in [1.82, 2.24) is 5.32 Å². The Morgan fingerprint density at radius 3 is 2.61 bits per heavy atom. The van der Waals surface area contributed by atoms with Crippen LogP contribution < -0.4 is 5.32 Å². The highest BCUT2D eigenvalue weighted by Gasteiger charge is 2.43. The molecule has 4 nitrogen and oxygen atoms in total. The lowest BCUT2D eigenvalue weighted by atomic mass is 9.64. The van der Waals surface area contributed by atoms with E-state index in [4.69, 9.17) is 4.74 Å². The Morgan fingerprint density at radius 2 is 2.11 bits per heavy atom. The van der Waals surface area contributed by atoms with E-state index < -0.39 is 5.54 Å². The molecular weight excluding hydrogens is 230 g/mol. The Morgan fingerprint density at radius 1 is 1.44 bits per heavy atom. The molecule has 0 radical (unpaired) electrons. The van der Waals surface area contributed by atoms with Crippen LogP contribution in [0.15, 0.2) is 0 Å². The maximum absolute atomic E-state index is 11.8. The van der Waals surface area contributed by atoms with E-state index in [1.54, 1.807) is 7.11 Å². The van der Waals surface area contributed by atoms with E-state index in [1.807, 2.05) is 0 Å². The molecule has 0 heterocycles. The zero-order valence-corrected chi connectivity index (χ0v) is 12.1. The van der Waals surface area contributed by atoms with Gasteiger partial charge in [-0.2, -0.15) is 0 Å². The Bertz CT molecular complexity index is 291. The van der Waals surface area contributed by atoms with E-state index in [0.717, 1.165) is 19.3 Å². The van der Waals surface area contributed by atoms with Gasteiger partial charge in [-0.25, -0.2) is 0 Å². The zero-order valence-electron chi connectivity index (χ0n) is 12.1. The topological polar surface area (TPSA) is 58.6 Å². The van der Waals surface area contributed by atoms with Gasteiger partial charge in [0.05, 0.1) is 18.8 Å². The summed E-state index contributed by atoms with van der Waals surface area (Å²) < 4.78 is 4.91. The van der Waals surface area contributed by atoms with Gasteiger partial charge in [0, 0.05) is 13.5 Å². The Balaban J connectivity index is 2.69. The fourth-order valence-electron chi connectivity index (χ4n) is 3.55. The molecule has 0 bridgehead atoms. The van der Waals surface area contributed by atoms with Gasteiger partial charge in [-0.1, -0.05) is 20.8 Å². The Hall–Kier alpha value is -0.610. The average molecular weight is 257 g/mol. The van der Waals surface area contributed by atoms with Gasteiger partial charge in [0.15, 0.2) is 0 Å². The summed E-state index contributed by atoms with van der Waals surface area (Å²) >= 11 is 0. The lowest BCUT2D eigenvalue weighted by molar-refractivity contribution is -0.126. The van der Waals surface area contributed by atoms with Gasteiger partial charge < -0.3 is 15.2 Å². The standard InChI is InChI=1S/C14H27NO3/c1-11-7-13(2,3)9-14(8-11,10-16)15-12(17)5-6-18-4/h11,16H,5-10H2,1-4H3,(H,15,17)/t11-,14-/m1/s1. The minimum Gasteiger partial charge on any atom is -0.394 e. The third-order valence-electron chi connectivity index (χ3n) is 3.70. The van der Waals surface area contributed by atoms with Crippen molar-refractivity contribution in [2.45, 2.75) is 52.0 Å². The van der Waals surface area contributed by atoms with Crippen LogP contribution in [0.1, 0.15) is 46.5 Å². The third-order valence-corrected chi connectivity index (χ3v) is 3.70. The number of aliphatic hydroxyl groups excluding tert-OH is 1.